The van der Waals surface area contributed by atoms with E-state index in [-0.39, 0.29) is 5.78 Å². The molecule has 1 aromatic carbocycles. The van der Waals surface area contributed by atoms with Gasteiger partial charge in [-0.3, -0.25) is 4.79 Å². The number of ketones is 1. The van der Waals surface area contributed by atoms with Crippen molar-refractivity contribution < 1.29 is 9.53 Å². The zero-order chi connectivity index (χ0) is 13.1. The van der Waals surface area contributed by atoms with Crippen molar-refractivity contribution in [1.29, 1.82) is 0 Å². The highest BCUT2D eigenvalue weighted by atomic mass is 79.9. The van der Waals surface area contributed by atoms with Crippen LogP contribution in [0.25, 0.3) is 0 Å². The van der Waals surface area contributed by atoms with E-state index in [4.69, 9.17) is 16.3 Å². The zero-order valence-corrected chi connectivity index (χ0v) is 12.7. The van der Waals surface area contributed by atoms with E-state index >= 15 is 0 Å². The number of hydrogen-bond acceptors (Lipinski definition) is 3. The Morgan fingerprint density at radius 1 is 1.44 bits per heavy atom. The van der Waals surface area contributed by atoms with Crippen molar-refractivity contribution in [3.63, 3.8) is 0 Å². The SMILES string of the molecule is CC(=O)c1cc(Br)ccc1OCc1sccc1Cl. The number of benzene rings is 1. The molecule has 0 bridgehead atoms. The Labute approximate surface area is 123 Å². The maximum absolute atomic E-state index is 11.5. The fourth-order valence-corrected chi connectivity index (χ4v) is 2.84. The van der Waals surface area contributed by atoms with E-state index in [1.54, 1.807) is 12.1 Å². The first kappa shape index (κ1) is 13.6. The lowest BCUT2D eigenvalue weighted by atomic mass is 10.1. The van der Waals surface area contributed by atoms with Gasteiger partial charge in [0, 0.05) is 4.47 Å². The van der Waals surface area contributed by atoms with E-state index in [1.807, 2.05) is 17.5 Å². The molecular formula is C13H10BrClO2S. The lowest BCUT2D eigenvalue weighted by Gasteiger charge is -2.09. The molecule has 2 rings (SSSR count). The molecular weight excluding hydrogens is 336 g/mol. The van der Waals surface area contributed by atoms with Crippen LogP contribution in [0.3, 0.4) is 0 Å². The van der Waals surface area contributed by atoms with E-state index in [0.29, 0.717) is 22.9 Å². The lowest BCUT2D eigenvalue weighted by Crippen LogP contribution is -2.01. The first-order valence-corrected chi connectivity index (χ1v) is 7.28. The minimum absolute atomic E-state index is 0.0245. The Kier molecular flexibility index (Phi) is 4.43. The van der Waals surface area contributed by atoms with Gasteiger partial charge >= 0.3 is 0 Å². The van der Waals surface area contributed by atoms with Gasteiger partial charge in [-0.2, -0.15) is 0 Å². The molecule has 18 heavy (non-hydrogen) atoms. The molecule has 0 aliphatic rings. The van der Waals surface area contributed by atoms with Gasteiger partial charge in [0.05, 0.1) is 15.5 Å². The third-order valence-corrected chi connectivity index (χ3v) is 4.22. The van der Waals surface area contributed by atoms with Crippen molar-refractivity contribution in [3.05, 3.63) is 49.6 Å². The maximum Gasteiger partial charge on any atom is 0.163 e. The van der Waals surface area contributed by atoms with E-state index in [0.717, 1.165) is 9.35 Å². The molecule has 0 fully saturated rings. The molecule has 0 aliphatic carbocycles. The number of rotatable bonds is 4. The number of carbonyl (C=O) groups is 1. The standard InChI is InChI=1S/C13H10BrClO2S/c1-8(16)10-6-9(14)2-3-12(10)17-7-13-11(15)4-5-18-13/h2-6H,7H2,1H3. The van der Waals surface area contributed by atoms with Crippen LogP contribution >= 0.6 is 38.9 Å². The average Bonchev–Trinajstić information content (AvgIpc) is 2.73. The fourth-order valence-electron chi connectivity index (χ4n) is 1.47. The van der Waals surface area contributed by atoms with E-state index in [2.05, 4.69) is 15.9 Å². The van der Waals surface area contributed by atoms with Gasteiger partial charge in [-0.25, -0.2) is 0 Å². The van der Waals surface area contributed by atoms with Crippen molar-refractivity contribution in [2.45, 2.75) is 13.5 Å². The molecule has 0 atom stereocenters. The molecule has 0 saturated carbocycles. The van der Waals surface area contributed by atoms with Gasteiger partial charge in [-0.15, -0.1) is 11.3 Å². The first-order valence-electron chi connectivity index (χ1n) is 5.23. The summed E-state index contributed by atoms with van der Waals surface area (Å²) in [6.45, 7) is 1.89. The van der Waals surface area contributed by atoms with Crippen LogP contribution in [0.1, 0.15) is 22.2 Å². The topological polar surface area (TPSA) is 26.3 Å². The van der Waals surface area contributed by atoms with Gasteiger partial charge in [0.2, 0.25) is 0 Å². The molecule has 0 amide bonds. The van der Waals surface area contributed by atoms with Crippen molar-refractivity contribution in [3.8, 4) is 5.75 Å². The number of ether oxygens (including phenoxy) is 1. The quantitative estimate of drug-likeness (QED) is 0.733. The van der Waals surface area contributed by atoms with Gasteiger partial charge in [-0.1, -0.05) is 27.5 Å². The summed E-state index contributed by atoms with van der Waals surface area (Å²) in [7, 11) is 0. The summed E-state index contributed by atoms with van der Waals surface area (Å²) in [5.74, 6) is 0.554. The molecule has 94 valence electrons. The van der Waals surface area contributed by atoms with Crippen LogP contribution < -0.4 is 4.74 Å². The van der Waals surface area contributed by atoms with Gasteiger partial charge < -0.3 is 4.74 Å². The highest BCUT2D eigenvalue weighted by Gasteiger charge is 2.10. The summed E-state index contributed by atoms with van der Waals surface area (Å²) in [4.78, 5) is 12.5. The molecule has 0 N–H and O–H groups in total. The Balaban J connectivity index is 2.19. The Bertz CT molecular complexity index is 580. The lowest BCUT2D eigenvalue weighted by molar-refractivity contribution is 0.101. The van der Waals surface area contributed by atoms with E-state index < -0.39 is 0 Å². The van der Waals surface area contributed by atoms with Crippen LogP contribution in [0.15, 0.2) is 34.1 Å². The van der Waals surface area contributed by atoms with Crippen molar-refractivity contribution in [2.75, 3.05) is 0 Å². The Morgan fingerprint density at radius 3 is 2.83 bits per heavy atom. The molecule has 5 heteroatoms. The second kappa shape index (κ2) is 5.87. The largest absolute Gasteiger partial charge is 0.487 e. The molecule has 0 unspecified atom stereocenters. The highest BCUT2D eigenvalue weighted by molar-refractivity contribution is 9.10. The van der Waals surface area contributed by atoms with Crippen molar-refractivity contribution >= 4 is 44.7 Å². The molecule has 1 aromatic heterocycles. The predicted octanol–water partition coefficient (Wildman–Crippen LogP) is 4.95. The monoisotopic (exact) mass is 344 g/mol. The van der Waals surface area contributed by atoms with E-state index in [9.17, 15) is 4.79 Å². The molecule has 0 saturated heterocycles. The Morgan fingerprint density at radius 2 is 2.22 bits per heavy atom. The van der Waals surface area contributed by atoms with Crippen LogP contribution in [0.5, 0.6) is 5.75 Å². The number of halogens is 2. The maximum atomic E-state index is 11.5. The third kappa shape index (κ3) is 3.13. The molecule has 0 aliphatic heterocycles. The van der Waals surface area contributed by atoms with Crippen LogP contribution in [0.2, 0.25) is 5.02 Å². The summed E-state index contributed by atoms with van der Waals surface area (Å²) in [6, 6.07) is 7.21. The second-order valence-electron chi connectivity index (χ2n) is 3.68. The summed E-state index contributed by atoms with van der Waals surface area (Å²) in [5, 5.41) is 2.61. The van der Waals surface area contributed by atoms with Crippen LogP contribution in [-0.4, -0.2) is 5.78 Å². The zero-order valence-electron chi connectivity index (χ0n) is 9.57. The fraction of sp³-hybridized carbons (Fsp3) is 0.154. The first-order chi connectivity index (χ1) is 8.58. The minimum atomic E-state index is -0.0245. The van der Waals surface area contributed by atoms with Crippen LogP contribution in [-0.2, 0) is 6.61 Å². The number of Topliss-reactive ketones (excluding diaryl/α,β-unsaturated/α-hetero) is 1. The second-order valence-corrected chi connectivity index (χ2v) is 6.00. The molecule has 2 nitrogen and oxygen atoms in total. The third-order valence-electron chi connectivity index (χ3n) is 2.37. The number of carbonyl (C=O) groups excluding carboxylic acids is 1. The average molecular weight is 346 g/mol. The highest BCUT2D eigenvalue weighted by Crippen LogP contribution is 2.27. The van der Waals surface area contributed by atoms with Crippen LogP contribution in [0.4, 0.5) is 0 Å². The van der Waals surface area contributed by atoms with Gasteiger partial charge in [0.1, 0.15) is 12.4 Å². The summed E-state index contributed by atoms with van der Waals surface area (Å²) < 4.78 is 6.52. The summed E-state index contributed by atoms with van der Waals surface area (Å²) in [5.41, 5.74) is 0.567. The normalized spacial score (nSPS) is 10.4. The smallest absolute Gasteiger partial charge is 0.163 e. The summed E-state index contributed by atoms with van der Waals surface area (Å²) in [6.07, 6.45) is 0. The molecule has 0 radical (unpaired) electrons. The molecule has 0 spiro atoms. The predicted molar refractivity (Wildman–Crippen MR) is 77.8 cm³/mol. The van der Waals surface area contributed by atoms with Crippen molar-refractivity contribution in [2.24, 2.45) is 0 Å². The van der Waals surface area contributed by atoms with Gasteiger partial charge in [0.25, 0.3) is 0 Å². The van der Waals surface area contributed by atoms with Crippen molar-refractivity contribution in [1.82, 2.24) is 0 Å². The molecule has 2 aromatic rings. The number of thiophene rings is 1. The number of hydrogen-bond donors (Lipinski definition) is 0. The minimum Gasteiger partial charge on any atom is -0.487 e. The summed E-state index contributed by atoms with van der Waals surface area (Å²) >= 11 is 10.9. The molecule has 1 heterocycles. The Hall–Kier alpha value is -0.840. The van der Waals surface area contributed by atoms with Gasteiger partial charge in [-0.05, 0) is 36.6 Å². The van der Waals surface area contributed by atoms with E-state index in [1.165, 1.54) is 18.3 Å². The van der Waals surface area contributed by atoms with Gasteiger partial charge in [0.15, 0.2) is 5.78 Å². The van der Waals surface area contributed by atoms with Crippen LogP contribution in [0, 0.1) is 0 Å².